The molecule has 1 aliphatic rings. The highest BCUT2D eigenvalue weighted by Crippen LogP contribution is 2.32. The highest BCUT2D eigenvalue weighted by Gasteiger charge is 2.34. The molecule has 2 amide bonds. The summed E-state index contributed by atoms with van der Waals surface area (Å²) < 4.78 is 5.20. The van der Waals surface area contributed by atoms with Gasteiger partial charge >= 0.3 is 12.0 Å². The quantitative estimate of drug-likeness (QED) is 0.881. The van der Waals surface area contributed by atoms with Gasteiger partial charge in [0.05, 0.1) is 18.2 Å². The number of rotatable bonds is 3. The van der Waals surface area contributed by atoms with Crippen LogP contribution in [0.4, 0.5) is 4.79 Å². The molecule has 5 heteroatoms. The predicted molar refractivity (Wildman–Crippen MR) is 92.3 cm³/mol. The summed E-state index contributed by atoms with van der Waals surface area (Å²) in [4.78, 5) is 26.1. The third-order valence-electron chi connectivity index (χ3n) is 4.36. The van der Waals surface area contributed by atoms with Gasteiger partial charge in [-0.1, -0.05) is 36.4 Å². The van der Waals surface area contributed by atoms with E-state index in [9.17, 15) is 9.59 Å². The van der Waals surface area contributed by atoms with Crippen molar-refractivity contribution in [3.8, 4) is 0 Å². The van der Waals surface area contributed by atoms with E-state index in [0.29, 0.717) is 11.3 Å². The first-order valence-corrected chi connectivity index (χ1v) is 7.93. The van der Waals surface area contributed by atoms with Gasteiger partial charge in [0.2, 0.25) is 0 Å². The Morgan fingerprint density at radius 1 is 1.21 bits per heavy atom. The summed E-state index contributed by atoms with van der Waals surface area (Å²) in [5.74, 6) is -0.403. The zero-order chi connectivity index (χ0) is 17.3. The maximum atomic E-state index is 12.5. The summed E-state index contributed by atoms with van der Waals surface area (Å²) in [5.41, 5.74) is 1.93. The molecule has 24 heavy (non-hydrogen) atoms. The minimum absolute atomic E-state index is 0.237. The lowest BCUT2D eigenvalue weighted by Crippen LogP contribution is -2.46. The fourth-order valence-electron chi connectivity index (χ4n) is 2.95. The van der Waals surface area contributed by atoms with Gasteiger partial charge in [0, 0.05) is 12.7 Å². The molecule has 2 aromatic carbocycles. The van der Waals surface area contributed by atoms with Gasteiger partial charge in [-0.2, -0.15) is 0 Å². The molecule has 3 rings (SSSR count). The number of fused-ring (bicyclic) bond motifs is 1. The van der Waals surface area contributed by atoms with Crippen LogP contribution in [0.2, 0.25) is 0 Å². The zero-order valence-electron chi connectivity index (χ0n) is 14.0. The smallest absolute Gasteiger partial charge is 0.338 e. The maximum absolute atomic E-state index is 12.5. The van der Waals surface area contributed by atoms with E-state index in [2.05, 4.69) is 5.32 Å². The van der Waals surface area contributed by atoms with Crippen LogP contribution in [0.15, 0.2) is 53.7 Å². The van der Waals surface area contributed by atoms with Gasteiger partial charge in [-0.15, -0.1) is 0 Å². The molecular formula is C19H20N2O3. The molecule has 0 fully saturated rings. The van der Waals surface area contributed by atoms with E-state index in [4.69, 9.17) is 4.74 Å². The molecule has 0 aliphatic carbocycles. The summed E-state index contributed by atoms with van der Waals surface area (Å²) in [7, 11) is 1.64. The van der Waals surface area contributed by atoms with E-state index in [0.717, 1.165) is 16.3 Å². The number of allylic oxidation sites excluding steroid dienone is 1. The number of hydrogen-bond acceptors (Lipinski definition) is 3. The summed E-state index contributed by atoms with van der Waals surface area (Å²) in [6, 6.07) is 13.2. The first-order valence-electron chi connectivity index (χ1n) is 7.93. The first kappa shape index (κ1) is 16.1. The molecule has 5 nitrogen and oxygen atoms in total. The van der Waals surface area contributed by atoms with Crippen molar-refractivity contribution in [1.29, 1.82) is 0 Å². The number of ether oxygens (including phenoxy) is 1. The van der Waals surface area contributed by atoms with Gasteiger partial charge in [-0.05, 0) is 36.2 Å². The number of amides is 2. The van der Waals surface area contributed by atoms with Crippen LogP contribution in [0, 0.1) is 0 Å². The summed E-state index contributed by atoms with van der Waals surface area (Å²) >= 11 is 0. The molecule has 0 radical (unpaired) electrons. The Balaban J connectivity index is 2.11. The fourth-order valence-corrected chi connectivity index (χ4v) is 2.95. The van der Waals surface area contributed by atoms with Crippen LogP contribution in [0.25, 0.3) is 10.8 Å². The zero-order valence-corrected chi connectivity index (χ0v) is 14.0. The largest absolute Gasteiger partial charge is 0.463 e. The SMILES string of the molecule is CCOC(=O)C1=C(C)N(C)C(=O)N[C@@H]1c1ccc2ccccc2c1. The Hall–Kier alpha value is -2.82. The Bertz CT molecular complexity index is 841. The van der Waals surface area contributed by atoms with Crippen LogP contribution in [0.3, 0.4) is 0 Å². The van der Waals surface area contributed by atoms with Crippen molar-refractivity contribution in [2.45, 2.75) is 19.9 Å². The lowest BCUT2D eigenvalue weighted by atomic mass is 9.93. The second-order valence-corrected chi connectivity index (χ2v) is 5.77. The molecule has 1 heterocycles. The highest BCUT2D eigenvalue weighted by molar-refractivity contribution is 5.95. The predicted octanol–water partition coefficient (Wildman–Crippen LogP) is 3.37. The Labute approximate surface area is 140 Å². The molecule has 1 N–H and O–H groups in total. The Kier molecular flexibility index (Phi) is 4.25. The average molecular weight is 324 g/mol. The number of hydrogen-bond donors (Lipinski definition) is 1. The lowest BCUT2D eigenvalue weighted by molar-refractivity contribution is -0.139. The summed E-state index contributed by atoms with van der Waals surface area (Å²) in [5, 5.41) is 5.06. The van der Waals surface area contributed by atoms with Crippen molar-refractivity contribution in [2.75, 3.05) is 13.7 Å². The summed E-state index contributed by atoms with van der Waals surface area (Å²) in [6.07, 6.45) is 0. The van der Waals surface area contributed by atoms with Crippen LogP contribution in [0.1, 0.15) is 25.5 Å². The van der Waals surface area contributed by atoms with E-state index >= 15 is 0 Å². The molecule has 1 aliphatic heterocycles. The van der Waals surface area contributed by atoms with Crippen molar-refractivity contribution < 1.29 is 14.3 Å². The van der Waals surface area contributed by atoms with E-state index in [1.807, 2.05) is 42.5 Å². The number of benzene rings is 2. The van der Waals surface area contributed by atoms with E-state index in [1.165, 1.54) is 4.90 Å². The molecule has 0 aromatic heterocycles. The number of carbonyl (C=O) groups excluding carboxylic acids is 2. The minimum atomic E-state index is -0.516. The van der Waals surface area contributed by atoms with Gasteiger partial charge in [0.25, 0.3) is 0 Å². The summed E-state index contributed by atoms with van der Waals surface area (Å²) in [6.45, 7) is 3.82. The van der Waals surface area contributed by atoms with Crippen molar-refractivity contribution in [1.82, 2.24) is 10.2 Å². The molecule has 2 aromatic rings. The fraction of sp³-hybridized carbons (Fsp3) is 0.263. The monoisotopic (exact) mass is 324 g/mol. The van der Waals surface area contributed by atoms with Crippen LogP contribution in [-0.2, 0) is 9.53 Å². The lowest BCUT2D eigenvalue weighted by Gasteiger charge is -2.33. The number of urea groups is 1. The van der Waals surface area contributed by atoms with Crippen molar-refractivity contribution >= 4 is 22.8 Å². The molecule has 0 bridgehead atoms. The minimum Gasteiger partial charge on any atom is -0.463 e. The molecule has 1 atom stereocenters. The number of nitrogens with one attached hydrogen (secondary N) is 1. The van der Waals surface area contributed by atoms with Crippen molar-refractivity contribution in [3.05, 3.63) is 59.3 Å². The normalized spacial score (nSPS) is 17.9. The topological polar surface area (TPSA) is 58.6 Å². The van der Waals surface area contributed by atoms with Crippen LogP contribution in [0.5, 0.6) is 0 Å². The molecule has 0 saturated heterocycles. The van der Waals surface area contributed by atoms with Gasteiger partial charge in [0.15, 0.2) is 0 Å². The molecule has 0 saturated carbocycles. The Morgan fingerprint density at radius 2 is 1.92 bits per heavy atom. The standard InChI is InChI=1S/C19H20N2O3/c1-4-24-18(22)16-12(2)21(3)19(23)20-17(16)15-10-9-13-7-5-6-8-14(13)11-15/h5-11,17H,4H2,1-3H3,(H,20,23)/t17-/m1/s1. The highest BCUT2D eigenvalue weighted by atomic mass is 16.5. The third-order valence-corrected chi connectivity index (χ3v) is 4.36. The van der Waals surface area contributed by atoms with Gasteiger partial charge in [-0.25, -0.2) is 9.59 Å². The first-order chi connectivity index (χ1) is 11.5. The van der Waals surface area contributed by atoms with Gasteiger partial charge in [0.1, 0.15) is 0 Å². The average Bonchev–Trinajstić information content (AvgIpc) is 2.59. The van der Waals surface area contributed by atoms with Crippen LogP contribution < -0.4 is 5.32 Å². The molecule has 124 valence electrons. The van der Waals surface area contributed by atoms with Gasteiger partial charge in [-0.3, -0.25) is 0 Å². The maximum Gasteiger partial charge on any atom is 0.338 e. The van der Waals surface area contributed by atoms with Crippen molar-refractivity contribution in [3.63, 3.8) is 0 Å². The third kappa shape index (κ3) is 2.73. The molecule has 0 unspecified atom stereocenters. The second-order valence-electron chi connectivity index (χ2n) is 5.77. The van der Waals surface area contributed by atoms with E-state index < -0.39 is 12.0 Å². The van der Waals surface area contributed by atoms with E-state index in [1.54, 1.807) is 20.9 Å². The molecule has 0 spiro atoms. The van der Waals surface area contributed by atoms with Gasteiger partial charge < -0.3 is 15.0 Å². The number of carbonyl (C=O) groups is 2. The van der Waals surface area contributed by atoms with E-state index in [-0.39, 0.29) is 12.6 Å². The van der Waals surface area contributed by atoms with Crippen LogP contribution >= 0.6 is 0 Å². The number of nitrogens with zero attached hydrogens (tertiary/aromatic N) is 1. The molecular weight excluding hydrogens is 304 g/mol. The second kappa shape index (κ2) is 6.35. The van der Waals surface area contributed by atoms with Crippen molar-refractivity contribution in [2.24, 2.45) is 0 Å². The van der Waals surface area contributed by atoms with Crippen LogP contribution in [-0.4, -0.2) is 30.6 Å². The Morgan fingerprint density at radius 3 is 2.62 bits per heavy atom. The number of esters is 1.